The van der Waals surface area contributed by atoms with E-state index in [9.17, 15) is 4.79 Å². The summed E-state index contributed by atoms with van der Waals surface area (Å²) in [4.78, 5) is 17.5. The highest BCUT2D eigenvalue weighted by molar-refractivity contribution is 6.15. The van der Waals surface area contributed by atoms with Gasteiger partial charge in [0, 0.05) is 18.1 Å². The zero-order valence-electron chi connectivity index (χ0n) is 16.4. The van der Waals surface area contributed by atoms with Crippen LogP contribution in [0, 0.1) is 0 Å². The van der Waals surface area contributed by atoms with E-state index in [1.54, 1.807) is 13.3 Å². The summed E-state index contributed by atoms with van der Waals surface area (Å²) in [5.41, 5.74) is 2.20. The lowest BCUT2D eigenvalue weighted by Gasteiger charge is -2.13. The van der Waals surface area contributed by atoms with Gasteiger partial charge in [0.1, 0.15) is 0 Å². The fourth-order valence-electron chi connectivity index (χ4n) is 3.48. The maximum absolute atomic E-state index is 13.0. The molecule has 0 spiro atoms. The molecule has 4 aromatic rings. The zero-order valence-corrected chi connectivity index (χ0v) is 16.4. The number of rotatable bonds is 6. The Morgan fingerprint density at radius 3 is 2.66 bits per heavy atom. The molecule has 0 atom stereocenters. The second-order valence-electron chi connectivity index (χ2n) is 6.65. The van der Waals surface area contributed by atoms with Crippen molar-refractivity contribution in [1.29, 1.82) is 0 Å². The number of carbonyl (C=O) groups excluding carboxylic acids is 1. The number of methoxy groups -OCH3 is 1. The van der Waals surface area contributed by atoms with E-state index in [4.69, 9.17) is 9.47 Å². The number of hydrogen-bond donors (Lipinski definition) is 1. The molecule has 0 saturated carbocycles. The van der Waals surface area contributed by atoms with Gasteiger partial charge in [-0.25, -0.2) is 0 Å². The number of hydrogen-bond acceptors (Lipinski definition) is 4. The van der Waals surface area contributed by atoms with E-state index in [0.29, 0.717) is 35.7 Å². The summed E-state index contributed by atoms with van der Waals surface area (Å²) in [6.45, 7) is 2.87. The molecule has 0 aliphatic rings. The number of aromatic nitrogens is 1. The first-order chi connectivity index (χ1) is 14.2. The number of amides is 1. The second-order valence-corrected chi connectivity index (χ2v) is 6.65. The zero-order chi connectivity index (χ0) is 20.2. The van der Waals surface area contributed by atoms with E-state index in [0.717, 1.165) is 21.7 Å². The Morgan fingerprint density at radius 2 is 1.83 bits per heavy atom. The molecule has 4 rings (SSSR count). The van der Waals surface area contributed by atoms with Crippen molar-refractivity contribution in [3.05, 3.63) is 78.0 Å². The van der Waals surface area contributed by atoms with Crippen LogP contribution < -0.4 is 14.8 Å². The molecule has 0 unspecified atom stereocenters. The van der Waals surface area contributed by atoms with Crippen molar-refractivity contribution >= 4 is 27.6 Å². The Balaban J connectivity index is 1.63. The van der Waals surface area contributed by atoms with Crippen LogP contribution in [-0.4, -0.2) is 24.6 Å². The molecule has 0 aliphatic heterocycles. The third-order valence-corrected chi connectivity index (χ3v) is 4.84. The van der Waals surface area contributed by atoms with Crippen LogP contribution in [0.5, 0.6) is 11.5 Å². The second kappa shape index (κ2) is 8.19. The first kappa shape index (κ1) is 18.7. The molecule has 3 aromatic carbocycles. The van der Waals surface area contributed by atoms with Crippen molar-refractivity contribution < 1.29 is 14.3 Å². The van der Waals surface area contributed by atoms with E-state index in [-0.39, 0.29) is 5.91 Å². The van der Waals surface area contributed by atoms with Crippen molar-refractivity contribution in [3.63, 3.8) is 0 Å². The Hall–Kier alpha value is -3.60. The van der Waals surface area contributed by atoms with Gasteiger partial charge >= 0.3 is 0 Å². The monoisotopic (exact) mass is 386 g/mol. The van der Waals surface area contributed by atoms with Gasteiger partial charge in [-0.3, -0.25) is 9.78 Å². The third-order valence-electron chi connectivity index (χ3n) is 4.84. The number of nitrogens with zero attached hydrogens (tertiary/aromatic N) is 1. The van der Waals surface area contributed by atoms with E-state index in [1.807, 2.05) is 67.6 Å². The summed E-state index contributed by atoms with van der Waals surface area (Å²) in [5.74, 6) is 1.18. The molecule has 5 nitrogen and oxygen atoms in total. The third kappa shape index (κ3) is 3.72. The minimum absolute atomic E-state index is 0.160. The molecular weight excluding hydrogens is 364 g/mol. The molecular formula is C24H22N2O3. The smallest absolute Gasteiger partial charge is 0.253 e. The number of fused-ring (bicyclic) bond motifs is 3. The maximum atomic E-state index is 13.0. The Morgan fingerprint density at radius 1 is 1.00 bits per heavy atom. The molecule has 1 N–H and O–H groups in total. The quantitative estimate of drug-likeness (QED) is 0.487. The van der Waals surface area contributed by atoms with Crippen molar-refractivity contribution in [2.75, 3.05) is 13.7 Å². The van der Waals surface area contributed by atoms with Crippen molar-refractivity contribution in [2.24, 2.45) is 0 Å². The lowest BCUT2D eigenvalue weighted by molar-refractivity contribution is 0.0952. The van der Waals surface area contributed by atoms with Crippen molar-refractivity contribution in [1.82, 2.24) is 10.3 Å². The van der Waals surface area contributed by atoms with Gasteiger partial charge in [-0.05, 0) is 47.5 Å². The topological polar surface area (TPSA) is 60.5 Å². The highest BCUT2D eigenvalue weighted by Gasteiger charge is 2.14. The number of carbonyl (C=O) groups is 1. The molecule has 146 valence electrons. The molecule has 0 aliphatic carbocycles. The van der Waals surface area contributed by atoms with Crippen LogP contribution in [0.3, 0.4) is 0 Å². The Labute approximate surface area is 169 Å². The highest BCUT2D eigenvalue weighted by atomic mass is 16.5. The number of benzene rings is 3. The van der Waals surface area contributed by atoms with Gasteiger partial charge < -0.3 is 14.8 Å². The SMILES string of the molecule is CCOc1ccc(CNC(=O)c2cc3ccccc3c3cccnc23)cc1OC. The van der Waals surface area contributed by atoms with Crippen LogP contribution in [0.25, 0.3) is 21.7 Å². The Bertz CT molecular complexity index is 1190. The van der Waals surface area contributed by atoms with Crippen LogP contribution in [0.4, 0.5) is 0 Å². The first-order valence-electron chi connectivity index (χ1n) is 9.55. The lowest BCUT2D eigenvalue weighted by atomic mass is 10.0. The summed E-state index contributed by atoms with van der Waals surface area (Å²) < 4.78 is 10.9. The molecule has 1 heterocycles. The highest BCUT2D eigenvalue weighted by Crippen LogP contribution is 2.29. The molecule has 0 bridgehead atoms. The summed E-state index contributed by atoms with van der Waals surface area (Å²) in [7, 11) is 1.60. The molecule has 1 aromatic heterocycles. The predicted octanol–water partition coefficient (Wildman–Crippen LogP) is 4.73. The molecule has 1 amide bonds. The number of pyridine rings is 1. The predicted molar refractivity (Wildman–Crippen MR) is 115 cm³/mol. The van der Waals surface area contributed by atoms with Crippen molar-refractivity contribution in [2.45, 2.75) is 13.5 Å². The van der Waals surface area contributed by atoms with Crippen LogP contribution in [0.15, 0.2) is 66.9 Å². The summed E-state index contributed by atoms with van der Waals surface area (Å²) in [6.07, 6.45) is 1.71. The van der Waals surface area contributed by atoms with E-state index >= 15 is 0 Å². The van der Waals surface area contributed by atoms with Gasteiger partial charge in [0.15, 0.2) is 11.5 Å². The van der Waals surface area contributed by atoms with Gasteiger partial charge in [0.2, 0.25) is 0 Å². The lowest BCUT2D eigenvalue weighted by Crippen LogP contribution is -2.23. The van der Waals surface area contributed by atoms with Crippen LogP contribution in [0.2, 0.25) is 0 Å². The molecule has 29 heavy (non-hydrogen) atoms. The van der Waals surface area contributed by atoms with E-state index in [2.05, 4.69) is 10.3 Å². The van der Waals surface area contributed by atoms with E-state index in [1.165, 1.54) is 0 Å². The van der Waals surface area contributed by atoms with Gasteiger partial charge in [-0.2, -0.15) is 0 Å². The molecule has 0 radical (unpaired) electrons. The normalized spacial score (nSPS) is 10.8. The fraction of sp³-hybridized carbons (Fsp3) is 0.167. The standard InChI is InChI=1S/C24H22N2O3/c1-3-29-21-11-10-16(13-22(21)28-2)15-26-24(27)20-14-17-7-4-5-8-18(17)19-9-6-12-25-23(19)20/h4-14H,3,15H2,1-2H3,(H,26,27). The fourth-order valence-corrected chi connectivity index (χ4v) is 3.48. The minimum Gasteiger partial charge on any atom is -0.493 e. The van der Waals surface area contributed by atoms with Crippen LogP contribution in [-0.2, 0) is 6.54 Å². The average Bonchev–Trinajstić information content (AvgIpc) is 2.77. The maximum Gasteiger partial charge on any atom is 0.253 e. The molecule has 5 heteroatoms. The van der Waals surface area contributed by atoms with Crippen molar-refractivity contribution in [3.8, 4) is 11.5 Å². The van der Waals surface area contributed by atoms with Gasteiger partial charge in [0.05, 0.1) is 24.8 Å². The molecule has 0 fully saturated rings. The van der Waals surface area contributed by atoms with Gasteiger partial charge in [0.25, 0.3) is 5.91 Å². The summed E-state index contributed by atoms with van der Waals surface area (Å²) >= 11 is 0. The van der Waals surface area contributed by atoms with E-state index < -0.39 is 0 Å². The Kier molecular flexibility index (Phi) is 5.29. The van der Waals surface area contributed by atoms with Gasteiger partial charge in [-0.15, -0.1) is 0 Å². The van der Waals surface area contributed by atoms with Gasteiger partial charge in [-0.1, -0.05) is 36.4 Å². The minimum atomic E-state index is -0.160. The van der Waals surface area contributed by atoms with Crippen LogP contribution >= 0.6 is 0 Å². The summed E-state index contributed by atoms with van der Waals surface area (Å²) in [6, 6.07) is 19.5. The average molecular weight is 386 g/mol. The number of nitrogens with one attached hydrogen (secondary N) is 1. The first-order valence-corrected chi connectivity index (χ1v) is 9.55. The summed E-state index contributed by atoms with van der Waals surface area (Å²) in [5, 5.41) is 6.07. The largest absolute Gasteiger partial charge is 0.493 e. The molecule has 0 saturated heterocycles. The number of ether oxygens (including phenoxy) is 2. The van der Waals surface area contributed by atoms with Crippen LogP contribution in [0.1, 0.15) is 22.8 Å².